The van der Waals surface area contributed by atoms with E-state index in [-0.39, 0.29) is 12.3 Å². The first-order valence-corrected chi connectivity index (χ1v) is 8.59. The number of aliphatic hydroxyl groups is 1. The van der Waals surface area contributed by atoms with E-state index in [0.717, 1.165) is 0 Å². The molecule has 3 unspecified atom stereocenters. The number of aliphatic carboxylic acids is 1. The van der Waals surface area contributed by atoms with Gasteiger partial charge in [0, 0.05) is 18.3 Å². The van der Waals surface area contributed by atoms with Crippen LogP contribution in [0.2, 0.25) is 0 Å². The van der Waals surface area contributed by atoms with Crippen molar-refractivity contribution in [3.63, 3.8) is 0 Å². The van der Waals surface area contributed by atoms with Gasteiger partial charge in [-0.15, -0.1) is 0 Å². The number of H-pyrrole nitrogens is 1. The van der Waals surface area contributed by atoms with Crippen LogP contribution in [0.1, 0.15) is 19.5 Å². The number of carboxylic acids is 1. The molecule has 0 aromatic carbocycles. The molecule has 12 heteroatoms. The highest BCUT2D eigenvalue weighted by molar-refractivity contribution is 5.92. The van der Waals surface area contributed by atoms with Gasteiger partial charge in [0.15, 0.2) is 0 Å². The molecule has 28 heavy (non-hydrogen) atoms. The van der Waals surface area contributed by atoms with Crippen LogP contribution in [-0.2, 0) is 25.6 Å². The molecule has 3 atom stereocenters. The number of amides is 3. The lowest BCUT2D eigenvalue weighted by molar-refractivity contribution is -0.143. The van der Waals surface area contributed by atoms with E-state index >= 15 is 0 Å². The molecule has 1 rings (SSSR count). The average molecular weight is 398 g/mol. The van der Waals surface area contributed by atoms with Gasteiger partial charge in [0.2, 0.25) is 17.7 Å². The largest absolute Gasteiger partial charge is 0.480 e. The molecule has 0 saturated carbocycles. The molecule has 0 bridgehead atoms. The van der Waals surface area contributed by atoms with Gasteiger partial charge < -0.3 is 36.9 Å². The second-order valence-electron chi connectivity index (χ2n) is 6.48. The Hall–Kier alpha value is -2.99. The van der Waals surface area contributed by atoms with E-state index < -0.39 is 55.0 Å². The van der Waals surface area contributed by atoms with Crippen LogP contribution in [0.15, 0.2) is 12.5 Å². The summed E-state index contributed by atoms with van der Waals surface area (Å²) in [4.78, 5) is 53.6. The average Bonchev–Trinajstić information content (AvgIpc) is 3.14. The molecule has 1 aromatic heterocycles. The van der Waals surface area contributed by atoms with Gasteiger partial charge in [0.25, 0.3) is 0 Å². The molecule has 12 nitrogen and oxygen atoms in total. The molecule has 3 amide bonds. The number of rotatable bonds is 11. The molecule has 0 fully saturated rings. The number of nitrogens with one attached hydrogen (secondary N) is 4. The molecule has 0 spiro atoms. The fourth-order valence-corrected chi connectivity index (χ4v) is 2.23. The minimum Gasteiger partial charge on any atom is -0.480 e. The van der Waals surface area contributed by atoms with E-state index in [0.29, 0.717) is 5.69 Å². The summed E-state index contributed by atoms with van der Waals surface area (Å²) < 4.78 is 0. The molecule has 0 radical (unpaired) electrons. The van der Waals surface area contributed by atoms with Gasteiger partial charge >= 0.3 is 5.97 Å². The van der Waals surface area contributed by atoms with Crippen LogP contribution in [0.25, 0.3) is 0 Å². The first-order chi connectivity index (χ1) is 13.1. The zero-order valence-electron chi connectivity index (χ0n) is 15.6. The van der Waals surface area contributed by atoms with Gasteiger partial charge in [-0.25, -0.2) is 9.78 Å². The third-order valence-corrected chi connectivity index (χ3v) is 3.82. The second-order valence-corrected chi connectivity index (χ2v) is 6.48. The Morgan fingerprint density at radius 2 is 1.89 bits per heavy atom. The zero-order chi connectivity index (χ0) is 21.3. The maximum atomic E-state index is 12.1. The number of aromatic amines is 1. The third kappa shape index (κ3) is 7.32. The Morgan fingerprint density at radius 1 is 1.21 bits per heavy atom. The first-order valence-electron chi connectivity index (χ1n) is 8.59. The number of nitrogens with zero attached hydrogens (tertiary/aromatic N) is 1. The van der Waals surface area contributed by atoms with Crippen LogP contribution >= 0.6 is 0 Å². The Morgan fingerprint density at radius 3 is 2.39 bits per heavy atom. The Kier molecular flexibility index (Phi) is 9.05. The minimum atomic E-state index is -1.31. The van der Waals surface area contributed by atoms with Crippen molar-refractivity contribution in [2.75, 3.05) is 13.2 Å². The zero-order valence-corrected chi connectivity index (χ0v) is 15.6. The highest BCUT2D eigenvalue weighted by Gasteiger charge is 2.26. The Labute approximate surface area is 161 Å². The summed E-state index contributed by atoms with van der Waals surface area (Å²) in [6.45, 7) is 2.03. The standard InChI is InChI=1S/C16H26N6O6/c1-8(2)13(16(27)28)22-12(24)5-19-15(26)11(6-23)21-14(25)10(17)3-9-4-18-7-20-9/h4,7-8,10-11,13,23H,3,5-6,17H2,1-2H3,(H,18,20)(H,19,26)(H,21,25)(H,22,24)(H,27,28). The summed E-state index contributed by atoms with van der Waals surface area (Å²) >= 11 is 0. The summed E-state index contributed by atoms with van der Waals surface area (Å²) in [5, 5.41) is 25.2. The summed E-state index contributed by atoms with van der Waals surface area (Å²) in [6.07, 6.45) is 3.09. The number of aromatic nitrogens is 2. The maximum absolute atomic E-state index is 12.1. The minimum absolute atomic E-state index is 0.153. The number of hydrogen-bond donors (Lipinski definition) is 7. The quantitative estimate of drug-likeness (QED) is 0.206. The van der Waals surface area contributed by atoms with E-state index in [1.807, 2.05) is 0 Å². The SMILES string of the molecule is CC(C)C(NC(=O)CNC(=O)C(CO)NC(=O)C(N)Cc1cnc[nH]1)C(=O)O. The number of nitrogens with two attached hydrogens (primary N) is 1. The van der Waals surface area contributed by atoms with Crippen LogP contribution in [0.3, 0.4) is 0 Å². The molecule has 0 aliphatic heterocycles. The topological polar surface area (TPSA) is 200 Å². The molecule has 0 aliphatic carbocycles. The fourth-order valence-electron chi connectivity index (χ4n) is 2.23. The van der Waals surface area contributed by atoms with E-state index in [1.165, 1.54) is 12.5 Å². The van der Waals surface area contributed by atoms with Crippen LogP contribution in [0.5, 0.6) is 0 Å². The lowest BCUT2D eigenvalue weighted by atomic mass is 10.1. The molecular formula is C16H26N6O6. The van der Waals surface area contributed by atoms with Gasteiger partial charge in [0.1, 0.15) is 12.1 Å². The Bertz CT molecular complexity index is 677. The highest BCUT2D eigenvalue weighted by atomic mass is 16.4. The van der Waals surface area contributed by atoms with Crippen molar-refractivity contribution >= 4 is 23.7 Å². The molecule has 1 aromatic rings. The second kappa shape index (κ2) is 11.0. The van der Waals surface area contributed by atoms with Gasteiger partial charge in [-0.1, -0.05) is 13.8 Å². The molecule has 156 valence electrons. The summed E-state index contributed by atoms with van der Waals surface area (Å²) in [6, 6.07) is -3.39. The van der Waals surface area contributed by atoms with E-state index in [9.17, 15) is 24.3 Å². The van der Waals surface area contributed by atoms with Crippen molar-refractivity contribution in [1.29, 1.82) is 0 Å². The van der Waals surface area contributed by atoms with Crippen molar-refractivity contribution in [1.82, 2.24) is 25.9 Å². The van der Waals surface area contributed by atoms with Gasteiger partial charge in [0.05, 0.1) is 25.5 Å². The number of hydrogen-bond acceptors (Lipinski definition) is 7. The third-order valence-electron chi connectivity index (χ3n) is 3.82. The van der Waals surface area contributed by atoms with Crippen molar-refractivity contribution < 1.29 is 29.4 Å². The Balaban J connectivity index is 2.50. The number of carbonyl (C=O) groups excluding carboxylic acids is 3. The summed E-state index contributed by atoms with van der Waals surface area (Å²) in [5.74, 6) is -3.73. The van der Waals surface area contributed by atoms with Crippen molar-refractivity contribution in [2.24, 2.45) is 11.7 Å². The monoisotopic (exact) mass is 398 g/mol. The fraction of sp³-hybridized carbons (Fsp3) is 0.562. The predicted molar refractivity (Wildman–Crippen MR) is 96.7 cm³/mol. The summed E-state index contributed by atoms with van der Waals surface area (Å²) in [5.41, 5.74) is 6.38. The highest BCUT2D eigenvalue weighted by Crippen LogP contribution is 2.01. The lowest BCUT2D eigenvalue weighted by Gasteiger charge is -2.20. The van der Waals surface area contributed by atoms with Crippen molar-refractivity contribution in [3.05, 3.63) is 18.2 Å². The molecule has 0 aliphatic rings. The first kappa shape index (κ1) is 23.0. The lowest BCUT2D eigenvalue weighted by Crippen LogP contribution is -2.55. The van der Waals surface area contributed by atoms with Crippen LogP contribution in [0.4, 0.5) is 0 Å². The number of imidazole rings is 1. The smallest absolute Gasteiger partial charge is 0.326 e. The summed E-state index contributed by atoms with van der Waals surface area (Å²) in [7, 11) is 0. The predicted octanol–water partition coefficient (Wildman–Crippen LogP) is -2.90. The normalized spacial score (nSPS) is 14.0. The van der Waals surface area contributed by atoms with Crippen LogP contribution in [-0.4, -0.2) is 75.1 Å². The van der Waals surface area contributed by atoms with Gasteiger partial charge in [-0.2, -0.15) is 0 Å². The van der Waals surface area contributed by atoms with Gasteiger partial charge in [-0.3, -0.25) is 14.4 Å². The van der Waals surface area contributed by atoms with E-state index in [1.54, 1.807) is 13.8 Å². The molecular weight excluding hydrogens is 372 g/mol. The van der Waals surface area contributed by atoms with Crippen molar-refractivity contribution in [2.45, 2.75) is 38.4 Å². The number of carboxylic acid groups (broad SMARTS) is 1. The van der Waals surface area contributed by atoms with Crippen LogP contribution in [0, 0.1) is 5.92 Å². The number of aliphatic hydroxyl groups excluding tert-OH is 1. The molecule has 0 saturated heterocycles. The molecule has 8 N–H and O–H groups in total. The maximum Gasteiger partial charge on any atom is 0.326 e. The van der Waals surface area contributed by atoms with Gasteiger partial charge in [-0.05, 0) is 5.92 Å². The molecule has 1 heterocycles. The van der Waals surface area contributed by atoms with E-state index in [2.05, 4.69) is 25.9 Å². The van der Waals surface area contributed by atoms with Crippen LogP contribution < -0.4 is 21.7 Å². The van der Waals surface area contributed by atoms with E-state index in [4.69, 9.17) is 10.8 Å². The van der Waals surface area contributed by atoms with Crippen molar-refractivity contribution in [3.8, 4) is 0 Å². The number of carbonyl (C=O) groups is 4.